The molecule has 1 saturated carbocycles. The highest BCUT2D eigenvalue weighted by Gasteiger charge is 2.19. The maximum atomic E-state index is 4.57. The van der Waals surface area contributed by atoms with Gasteiger partial charge >= 0.3 is 0 Å². The topological polar surface area (TPSA) is 58.5 Å². The molecular weight excluding hydrogens is 298 g/mol. The fourth-order valence-electron chi connectivity index (χ4n) is 3.43. The number of rotatable bonds is 4. The molecule has 0 atom stereocenters. The van der Waals surface area contributed by atoms with Crippen LogP contribution in [0.25, 0.3) is 21.8 Å². The summed E-state index contributed by atoms with van der Waals surface area (Å²) in [5.41, 5.74) is 3.27. The summed E-state index contributed by atoms with van der Waals surface area (Å²) in [5.74, 6) is 1.66. The van der Waals surface area contributed by atoms with Crippen LogP contribution in [-0.4, -0.2) is 20.0 Å². The predicted octanol–water partition coefficient (Wildman–Crippen LogP) is 4.46. The molecule has 5 nitrogen and oxygen atoms in total. The van der Waals surface area contributed by atoms with E-state index in [2.05, 4.69) is 49.6 Å². The van der Waals surface area contributed by atoms with E-state index in [1.807, 2.05) is 24.4 Å². The summed E-state index contributed by atoms with van der Waals surface area (Å²) in [7, 11) is 0. The lowest BCUT2D eigenvalue weighted by Crippen LogP contribution is -2.18. The number of nitrogens with zero attached hydrogens (tertiary/aromatic N) is 3. The Morgan fingerprint density at radius 1 is 1.17 bits per heavy atom. The third-order valence-corrected chi connectivity index (χ3v) is 5.03. The van der Waals surface area contributed by atoms with Crippen LogP contribution in [0.2, 0.25) is 0 Å². The van der Waals surface area contributed by atoms with E-state index in [-0.39, 0.29) is 0 Å². The fraction of sp³-hybridized carbons (Fsp3) is 0.263. The van der Waals surface area contributed by atoms with Gasteiger partial charge in [0.2, 0.25) is 0 Å². The number of fused-ring (bicyclic) bond motifs is 2. The minimum Gasteiger partial charge on any atom is -0.338 e. The second kappa shape index (κ2) is 5.37. The zero-order valence-electron chi connectivity index (χ0n) is 13.4. The average molecular weight is 317 g/mol. The maximum Gasteiger partial charge on any atom is 0.160 e. The Morgan fingerprint density at radius 3 is 2.96 bits per heavy atom. The fourth-order valence-corrected chi connectivity index (χ4v) is 3.43. The number of para-hydroxylation sites is 1. The Balaban J connectivity index is 1.45. The Hall–Kier alpha value is -2.82. The standard InChI is InChI=1S/C19H19N5/c1-2-7-17-16(6-1)19(23-22-17)21-15-8-9-18-14(10-15)11-20-24(18)12-13-4-3-5-13/h1-2,6-11,13H,3-5,12H2,(H2,21,22,23). The second-order valence-electron chi connectivity index (χ2n) is 6.64. The summed E-state index contributed by atoms with van der Waals surface area (Å²) in [6.07, 6.45) is 6.01. The molecule has 0 aliphatic heterocycles. The summed E-state index contributed by atoms with van der Waals surface area (Å²) in [6.45, 7) is 1.04. The number of benzene rings is 2. The number of aromatic amines is 1. The largest absolute Gasteiger partial charge is 0.338 e. The highest BCUT2D eigenvalue weighted by Crippen LogP contribution is 2.30. The van der Waals surface area contributed by atoms with E-state index >= 15 is 0 Å². The first-order valence-electron chi connectivity index (χ1n) is 8.52. The first-order valence-corrected chi connectivity index (χ1v) is 8.52. The van der Waals surface area contributed by atoms with Crippen LogP contribution in [0.15, 0.2) is 48.7 Å². The van der Waals surface area contributed by atoms with Crippen LogP contribution in [-0.2, 0) is 6.54 Å². The molecule has 1 aliphatic carbocycles. The van der Waals surface area contributed by atoms with Crippen LogP contribution in [0, 0.1) is 5.92 Å². The van der Waals surface area contributed by atoms with Crippen molar-refractivity contribution in [2.24, 2.45) is 5.92 Å². The van der Waals surface area contributed by atoms with E-state index in [0.717, 1.165) is 34.9 Å². The molecule has 1 fully saturated rings. The van der Waals surface area contributed by atoms with Gasteiger partial charge in [-0.05, 0) is 49.1 Å². The van der Waals surface area contributed by atoms with Gasteiger partial charge < -0.3 is 5.32 Å². The third kappa shape index (κ3) is 2.24. The summed E-state index contributed by atoms with van der Waals surface area (Å²) in [6, 6.07) is 14.5. The molecule has 4 aromatic rings. The number of hydrogen-bond donors (Lipinski definition) is 2. The van der Waals surface area contributed by atoms with Crippen molar-refractivity contribution in [1.29, 1.82) is 0 Å². The molecule has 5 rings (SSSR count). The van der Waals surface area contributed by atoms with Crippen molar-refractivity contribution >= 4 is 33.3 Å². The molecule has 0 saturated heterocycles. The van der Waals surface area contributed by atoms with Gasteiger partial charge in [0.25, 0.3) is 0 Å². The first-order chi connectivity index (χ1) is 11.9. The van der Waals surface area contributed by atoms with E-state index in [1.165, 1.54) is 30.2 Å². The van der Waals surface area contributed by atoms with Gasteiger partial charge in [0, 0.05) is 23.0 Å². The molecular formula is C19H19N5. The number of hydrogen-bond acceptors (Lipinski definition) is 3. The van der Waals surface area contributed by atoms with Crippen LogP contribution in [0.1, 0.15) is 19.3 Å². The normalized spacial score (nSPS) is 15.0. The molecule has 0 radical (unpaired) electrons. The van der Waals surface area contributed by atoms with Gasteiger partial charge in [-0.25, -0.2) is 0 Å². The molecule has 24 heavy (non-hydrogen) atoms. The first kappa shape index (κ1) is 13.6. The molecule has 2 N–H and O–H groups in total. The summed E-state index contributed by atoms with van der Waals surface area (Å²) in [4.78, 5) is 0. The van der Waals surface area contributed by atoms with Gasteiger partial charge in [0.1, 0.15) is 0 Å². The Bertz CT molecular complexity index is 1010. The van der Waals surface area contributed by atoms with Crippen LogP contribution < -0.4 is 5.32 Å². The molecule has 0 amide bonds. The van der Waals surface area contributed by atoms with Crippen molar-refractivity contribution < 1.29 is 0 Å². The summed E-state index contributed by atoms with van der Waals surface area (Å²) in [5, 5.41) is 17.7. The van der Waals surface area contributed by atoms with Crippen molar-refractivity contribution in [2.45, 2.75) is 25.8 Å². The molecule has 0 spiro atoms. The SMILES string of the molecule is c1ccc2c(Nc3ccc4c(cnn4CC4CCC4)c3)n[nH]c2c1. The Kier molecular flexibility index (Phi) is 3.04. The minimum atomic E-state index is 0.807. The summed E-state index contributed by atoms with van der Waals surface area (Å²) >= 11 is 0. The lowest BCUT2D eigenvalue weighted by Gasteiger charge is -2.25. The van der Waals surface area contributed by atoms with E-state index < -0.39 is 0 Å². The number of anilines is 2. The number of H-pyrrole nitrogens is 1. The molecule has 5 heteroatoms. The smallest absolute Gasteiger partial charge is 0.160 e. The molecule has 1 aliphatic rings. The van der Waals surface area contributed by atoms with Crippen molar-refractivity contribution in [3.63, 3.8) is 0 Å². The van der Waals surface area contributed by atoms with Crippen LogP contribution in [0.4, 0.5) is 11.5 Å². The molecule has 0 bridgehead atoms. The van der Waals surface area contributed by atoms with Crippen molar-refractivity contribution in [3.05, 3.63) is 48.7 Å². The van der Waals surface area contributed by atoms with Crippen LogP contribution in [0.5, 0.6) is 0 Å². The maximum absolute atomic E-state index is 4.57. The highest BCUT2D eigenvalue weighted by molar-refractivity contribution is 5.92. The molecule has 2 heterocycles. The van der Waals surface area contributed by atoms with Crippen LogP contribution >= 0.6 is 0 Å². The van der Waals surface area contributed by atoms with Crippen LogP contribution in [0.3, 0.4) is 0 Å². The van der Waals surface area contributed by atoms with Crippen molar-refractivity contribution in [1.82, 2.24) is 20.0 Å². The van der Waals surface area contributed by atoms with Gasteiger partial charge in [-0.2, -0.15) is 10.2 Å². The Labute approximate surface area is 139 Å². The zero-order chi connectivity index (χ0) is 15.9. The van der Waals surface area contributed by atoms with Gasteiger partial charge in [-0.15, -0.1) is 0 Å². The predicted molar refractivity (Wildman–Crippen MR) is 96.5 cm³/mol. The summed E-state index contributed by atoms with van der Waals surface area (Å²) < 4.78 is 2.15. The lowest BCUT2D eigenvalue weighted by atomic mass is 9.85. The van der Waals surface area contributed by atoms with Gasteiger partial charge in [-0.3, -0.25) is 9.78 Å². The van der Waals surface area contributed by atoms with E-state index in [1.54, 1.807) is 0 Å². The molecule has 0 unspecified atom stereocenters. The quantitative estimate of drug-likeness (QED) is 0.584. The Morgan fingerprint density at radius 2 is 2.08 bits per heavy atom. The van der Waals surface area contributed by atoms with Gasteiger partial charge in [-0.1, -0.05) is 18.6 Å². The monoisotopic (exact) mass is 317 g/mol. The zero-order valence-corrected chi connectivity index (χ0v) is 13.4. The lowest BCUT2D eigenvalue weighted by molar-refractivity contribution is 0.270. The van der Waals surface area contributed by atoms with Gasteiger partial charge in [0.15, 0.2) is 5.82 Å². The molecule has 2 aromatic carbocycles. The molecule has 2 aromatic heterocycles. The number of aromatic nitrogens is 4. The molecule has 120 valence electrons. The van der Waals surface area contributed by atoms with Crippen molar-refractivity contribution in [3.8, 4) is 0 Å². The van der Waals surface area contributed by atoms with E-state index in [9.17, 15) is 0 Å². The van der Waals surface area contributed by atoms with E-state index in [4.69, 9.17) is 0 Å². The van der Waals surface area contributed by atoms with Gasteiger partial charge in [0.05, 0.1) is 17.2 Å². The highest BCUT2D eigenvalue weighted by atomic mass is 15.3. The third-order valence-electron chi connectivity index (χ3n) is 5.03. The van der Waals surface area contributed by atoms with E-state index in [0.29, 0.717) is 0 Å². The second-order valence-corrected chi connectivity index (χ2v) is 6.64. The average Bonchev–Trinajstić information content (AvgIpc) is 3.15. The number of nitrogens with one attached hydrogen (secondary N) is 2. The minimum absolute atomic E-state index is 0.807. The van der Waals surface area contributed by atoms with Crippen molar-refractivity contribution in [2.75, 3.05) is 5.32 Å².